The Kier molecular flexibility index (Phi) is 4.58. The monoisotopic (exact) mass is 282 g/mol. The van der Waals surface area contributed by atoms with Gasteiger partial charge in [-0.15, -0.1) is 11.3 Å². The number of aromatic nitrogens is 1. The average Bonchev–Trinajstić information content (AvgIpc) is 2.76. The minimum absolute atomic E-state index is 0.0819. The highest BCUT2D eigenvalue weighted by molar-refractivity contribution is 7.16. The van der Waals surface area contributed by atoms with Gasteiger partial charge in [-0.25, -0.2) is 0 Å². The van der Waals surface area contributed by atoms with Crippen molar-refractivity contribution in [2.75, 3.05) is 6.54 Å². The van der Waals surface area contributed by atoms with Gasteiger partial charge in [0.1, 0.15) is 0 Å². The Morgan fingerprint density at radius 3 is 2.94 bits per heavy atom. The molecule has 0 bridgehead atoms. The largest absolute Gasteiger partial charge is 0.314 e. The van der Waals surface area contributed by atoms with E-state index in [1.807, 2.05) is 37.4 Å². The Bertz CT molecular complexity index is 576. The van der Waals surface area contributed by atoms with E-state index >= 15 is 0 Å². The Morgan fingerprint density at radius 2 is 2.22 bits per heavy atom. The fourth-order valence-corrected chi connectivity index (χ4v) is 2.75. The van der Waals surface area contributed by atoms with Gasteiger partial charge in [0.25, 0.3) is 5.56 Å². The second kappa shape index (κ2) is 6.18. The molecule has 0 aliphatic carbocycles. The number of thiophene rings is 1. The van der Waals surface area contributed by atoms with Crippen LogP contribution in [-0.4, -0.2) is 11.1 Å². The highest BCUT2D eigenvalue weighted by atomic mass is 35.5. The molecule has 18 heavy (non-hydrogen) atoms. The maximum atomic E-state index is 11.8. The maximum absolute atomic E-state index is 11.8. The number of rotatable bonds is 5. The van der Waals surface area contributed by atoms with Crippen LogP contribution in [-0.2, 0) is 13.1 Å². The molecule has 0 atom stereocenters. The summed E-state index contributed by atoms with van der Waals surface area (Å²) < 4.78 is 2.53. The standard InChI is InChI=1S/C13H15ClN2OS/c1-10-3-2-7-16(13(10)17)8-6-15-9-11-4-5-12(14)18-11/h2-5,7,15H,6,8-9H2,1H3. The topological polar surface area (TPSA) is 34.0 Å². The Morgan fingerprint density at radius 1 is 1.39 bits per heavy atom. The van der Waals surface area contributed by atoms with Gasteiger partial charge in [0.2, 0.25) is 0 Å². The molecule has 0 spiro atoms. The average molecular weight is 283 g/mol. The van der Waals surface area contributed by atoms with Crippen molar-refractivity contribution in [3.63, 3.8) is 0 Å². The lowest BCUT2D eigenvalue weighted by Crippen LogP contribution is -2.27. The zero-order valence-corrected chi connectivity index (χ0v) is 11.7. The molecule has 96 valence electrons. The number of nitrogens with zero attached hydrogens (tertiary/aromatic N) is 1. The third kappa shape index (κ3) is 3.45. The van der Waals surface area contributed by atoms with Gasteiger partial charge in [0.15, 0.2) is 0 Å². The van der Waals surface area contributed by atoms with Crippen molar-refractivity contribution in [2.24, 2.45) is 0 Å². The summed E-state index contributed by atoms with van der Waals surface area (Å²) in [6.07, 6.45) is 1.82. The number of hydrogen-bond donors (Lipinski definition) is 1. The quantitative estimate of drug-likeness (QED) is 0.856. The molecule has 0 fully saturated rings. The van der Waals surface area contributed by atoms with E-state index in [1.54, 1.807) is 15.9 Å². The van der Waals surface area contributed by atoms with Crippen LogP contribution in [0, 0.1) is 6.92 Å². The Balaban J connectivity index is 1.82. The fraction of sp³-hybridized carbons (Fsp3) is 0.308. The molecular formula is C13H15ClN2OS. The predicted octanol–water partition coefficient (Wildman–Crippen LogP) is 2.66. The zero-order valence-electron chi connectivity index (χ0n) is 10.1. The molecule has 0 amide bonds. The van der Waals surface area contributed by atoms with Crippen molar-refractivity contribution in [3.05, 3.63) is 55.6 Å². The third-order valence-corrected chi connectivity index (χ3v) is 3.90. The van der Waals surface area contributed by atoms with Crippen LogP contribution >= 0.6 is 22.9 Å². The van der Waals surface area contributed by atoms with Crippen molar-refractivity contribution in [1.82, 2.24) is 9.88 Å². The number of halogens is 1. The summed E-state index contributed by atoms with van der Waals surface area (Å²) in [5.41, 5.74) is 0.862. The molecule has 3 nitrogen and oxygen atoms in total. The molecule has 0 aliphatic rings. The molecule has 2 heterocycles. The molecule has 2 aromatic rings. The predicted molar refractivity (Wildman–Crippen MR) is 76.5 cm³/mol. The molecule has 1 N–H and O–H groups in total. The van der Waals surface area contributed by atoms with E-state index in [9.17, 15) is 4.79 Å². The fourth-order valence-electron chi connectivity index (χ4n) is 1.69. The lowest BCUT2D eigenvalue weighted by molar-refractivity contribution is 0.586. The smallest absolute Gasteiger partial charge is 0.253 e. The van der Waals surface area contributed by atoms with Crippen LogP contribution in [0.4, 0.5) is 0 Å². The van der Waals surface area contributed by atoms with Gasteiger partial charge < -0.3 is 9.88 Å². The van der Waals surface area contributed by atoms with Gasteiger partial charge in [-0.1, -0.05) is 17.7 Å². The lowest BCUT2D eigenvalue weighted by Gasteiger charge is -2.07. The van der Waals surface area contributed by atoms with Crippen molar-refractivity contribution in [2.45, 2.75) is 20.0 Å². The minimum atomic E-state index is 0.0819. The van der Waals surface area contributed by atoms with Crippen LogP contribution in [0.15, 0.2) is 35.3 Å². The van der Waals surface area contributed by atoms with Crippen molar-refractivity contribution in [3.8, 4) is 0 Å². The molecule has 0 saturated heterocycles. The van der Waals surface area contributed by atoms with E-state index in [0.717, 1.165) is 23.0 Å². The van der Waals surface area contributed by atoms with E-state index < -0.39 is 0 Å². The van der Waals surface area contributed by atoms with Crippen LogP contribution in [0.3, 0.4) is 0 Å². The van der Waals surface area contributed by atoms with Crippen molar-refractivity contribution >= 4 is 22.9 Å². The van der Waals surface area contributed by atoms with Crippen molar-refractivity contribution in [1.29, 1.82) is 0 Å². The third-order valence-electron chi connectivity index (χ3n) is 2.67. The number of nitrogens with one attached hydrogen (secondary N) is 1. The summed E-state index contributed by atoms with van der Waals surface area (Å²) in [5.74, 6) is 0. The van der Waals surface area contributed by atoms with Crippen LogP contribution in [0.25, 0.3) is 0 Å². The van der Waals surface area contributed by atoms with Crippen LogP contribution < -0.4 is 10.9 Å². The Hall–Kier alpha value is -1.10. The molecule has 0 saturated carbocycles. The summed E-state index contributed by atoms with van der Waals surface area (Å²) in [4.78, 5) is 13.0. The first-order chi connectivity index (χ1) is 8.66. The first-order valence-electron chi connectivity index (χ1n) is 5.78. The van der Waals surface area contributed by atoms with Crippen molar-refractivity contribution < 1.29 is 0 Å². The second-order valence-electron chi connectivity index (χ2n) is 4.07. The molecular weight excluding hydrogens is 268 g/mol. The molecule has 5 heteroatoms. The summed E-state index contributed by atoms with van der Waals surface area (Å²) in [5, 5.41) is 3.30. The van der Waals surface area contributed by atoms with Gasteiger partial charge in [-0.3, -0.25) is 4.79 Å². The second-order valence-corrected chi connectivity index (χ2v) is 5.87. The van der Waals surface area contributed by atoms with Gasteiger partial charge >= 0.3 is 0 Å². The molecule has 0 aliphatic heterocycles. The normalized spacial score (nSPS) is 10.8. The lowest BCUT2D eigenvalue weighted by atomic mass is 10.3. The molecule has 0 radical (unpaired) electrons. The number of hydrogen-bond acceptors (Lipinski definition) is 3. The summed E-state index contributed by atoms with van der Waals surface area (Å²) >= 11 is 7.43. The number of aryl methyl sites for hydroxylation is 1. The van der Waals surface area contributed by atoms with Crippen LogP contribution in [0.2, 0.25) is 4.34 Å². The summed E-state index contributed by atoms with van der Waals surface area (Å²) in [7, 11) is 0. The van der Waals surface area contributed by atoms with E-state index in [4.69, 9.17) is 11.6 Å². The molecule has 0 unspecified atom stereocenters. The molecule has 2 rings (SSSR count). The summed E-state index contributed by atoms with van der Waals surface area (Å²) in [6.45, 7) is 4.07. The minimum Gasteiger partial charge on any atom is -0.314 e. The zero-order chi connectivity index (χ0) is 13.0. The van der Waals surface area contributed by atoms with E-state index in [2.05, 4.69) is 5.32 Å². The summed E-state index contributed by atoms with van der Waals surface area (Å²) in [6, 6.07) is 7.64. The SMILES string of the molecule is Cc1cccn(CCNCc2ccc(Cl)s2)c1=O. The highest BCUT2D eigenvalue weighted by Crippen LogP contribution is 2.20. The molecule has 2 aromatic heterocycles. The maximum Gasteiger partial charge on any atom is 0.253 e. The van der Waals surface area contributed by atoms with Gasteiger partial charge in [-0.05, 0) is 25.1 Å². The van der Waals surface area contributed by atoms with Gasteiger partial charge in [-0.2, -0.15) is 0 Å². The number of pyridine rings is 1. The van der Waals surface area contributed by atoms with Crippen LogP contribution in [0.1, 0.15) is 10.4 Å². The van der Waals surface area contributed by atoms with Crippen LogP contribution in [0.5, 0.6) is 0 Å². The van der Waals surface area contributed by atoms with Gasteiger partial charge in [0, 0.05) is 36.3 Å². The van der Waals surface area contributed by atoms with E-state index in [-0.39, 0.29) is 5.56 Å². The first-order valence-corrected chi connectivity index (χ1v) is 6.97. The molecule has 0 aromatic carbocycles. The van der Waals surface area contributed by atoms with E-state index in [0.29, 0.717) is 6.54 Å². The Labute approximate surface area is 115 Å². The highest BCUT2D eigenvalue weighted by Gasteiger charge is 1.99. The first kappa shape index (κ1) is 13.3. The van der Waals surface area contributed by atoms with Gasteiger partial charge in [0.05, 0.1) is 4.34 Å². The van der Waals surface area contributed by atoms with E-state index in [1.165, 1.54) is 4.88 Å².